The summed E-state index contributed by atoms with van der Waals surface area (Å²) in [5, 5.41) is 3.44. The molecule has 0 amide bonds. The molecule has 0 radical (unpaired) electrons. The van der Waals surface area contributed by atoms with Gasteiger partial charge < -0.3 is 14.8 Å². The van der Waals surface area contributed by atoms with E-state index >= 15 is 0 Å². The lowest BCUT2D eigenvalue weighted by Gasteiger charge is -2.21. The molecule has 0 spiro atoms. The third kappa shape index (κ3) is 4.07. The van der Waals surface area contributed by atoms with Crippen molar-refractivity contribution in [3.8, 4) is 5.75 Å². The van der Waals surface area contributed by atoms with Gasteiger partial charge in [-0.25, -0.2) is 0 Å². The molecule has 4 heteroatoms. The van der Waals surface area contributed by atoms with Crippen LogP contribution in [0, 0.1) is 0 Å². The molecule has 2 aromatic carbocycles. The van der Waals surface area contributed by atoms with E-state index in [9.17, 15) is 4.79 Å². The summed E-state index contributed by atoms with van der Waals surface area (Å²) < 4.78 is 10.7. The van der Waals surface area contributed by atoms with E-state index in [1.54, 1.807) is 0 Å². The van der Waals surface area contributed by atoms with E-state index in [0.717, 1.165) is 35.5 Å². The van der Waals surface area contributed by atoms with E-state index in [1.807, 2.05) is 18.2 Å². The molecule has 1 aliphatic rings. The first-order valence-corrected chi connectivity index (χ1v) is 8.39. The molecule has 1 N–H and O–H groups in total. The summed E-state index contributed by atoms with van der Waals surface area (Å²) >= 11 is 0. The monoisotopic (exact) mass is 325 g/mol. The Labute approximate surface area is 142 Å². The summed E-state index contributed by atoms with van der Waals surface area (Å²) in [6, 6.07) is 14.4. The number of anilines is 1. The van der Waals surface area contributed by atoms with Crippen molar-refractivity contribution < 1.29 is 14.3 Å². The fourth-order valence-corrected chi connectivity index (χ4v) is 2.91. The lowest BCUT2D eigenvalue weighted by atomic mass is 10.0. The maximum Gasteiger partial charge on any atom is 0.305 e. The number of carbonyl (C=O) groups excluding carboxylic acids is 1. The van der Waals surface area contributed by atoms with Gasteiger partial charge in [0.05, 0.1) is 12.8 Å². The highest BCUT2D eigenvalue weighted by Gasteiger charge is 2.13. The molecule has 2 aromatic rings. The van der Waals surface area contributed by atoms with Gasteiger partial charge in [-0.05, 0) is 42.0 Å². The van der Waals surface area contributed by atoms with Gasteiger partial charge in [0.15, 0.2) is 0 Å². The zero-order chi connectivity index (χ0) is 16.8. The van der Waals surface area contributed by atoms with Crippen molar-refractivity contribution in [1.82, 2.24) is 0 Å². The average molecular weight is 325 g/mol. The first-order chi connectivity index (χ1) is 11.8. The molecule has 126 valence electrons. The van der Waals surface area contributed by atoms with Crippen molar-refractivity contribution in [3.63, 3.8) is 0 Å². The maximum atomic E-state index is 11.2. The molecule has 3 rings (SSSR count). The van der Waals surface area contributed by atoms with Gasteiger partial charge in [-0.15, -0.1) is 0 Å². The molecule has 1 aliphatic heterocycles. The fraction of sp³-hybridized carbons (Fsp3) is 0.350. The first kappa shape index (κ1) is 16.4. The van der Waals surface area contributed by atoms with Gasteiger partial charge in [-0.1, -0.05) is 36.4 Å². The van der Waals surface area contributed by atoms with Crippen molar-refractivity contribution in [3.05, 3.63) is 59.2 Å². The summed E-state index contributed by atoms with van der Waals surface area (Å²) in [6.07, 6.45) is 3.38. The number of methoxy groups -OCH3 is 1. The van der Waals surface area contributed by atoms with Crippen LogP contribution in [0.5, 0.6) is 5.75 Å². The number of aryl methyl sites for hydroxylation is 2. The van der Waals surface area contributed by atoms with Crippen LogP contribution in [-0.4, -0.2) is 19.6 Å². The number of esters is 1. The van der Waals surface area contributed by atoms with Gasteiger partial charge in [0, 0.05) is 13.0 Å². The number of ether oxygens (including phenoxy) is 2. The molecule has 0 saturated heterocycles. The maximum absolute atomic E-state index is 11.2. The summed E-state index contributed by atoms with van der Waals surface area (Å²) in [7, 11) is 1.42. The van der Waals surface area contributed by atoms with Crippen LogP contribution in [0.1, 0.15) is 29.5 Å². The topological polar surface area (TPSA) is 47.6 Å². The number of carbonyl (C=O) groups is 1. The van der Waals surface area contributed by atoms with Crippen LogP contribution in [0.15, 0.2) is 42.5 Å². The molecule has 0 fully saturated rings. The second-order valence-corrected chi connectivity index (χ2v) is 6.00. The molecule has 0 bridgehead atoms. The number of rotatable bonds is 6. The quantitative estimate of drug-likeness (QED) is 0.822. The van der Waals surface area contributed by atoms with Crippen molar-refractivity contribution >= 4 is 11.7 Å². The molecule has 4 nitrogen and oxygen atoms in total. The molecular weight excluding hydrogens is 302 g/mol. The van der Waals surface area contributed by atoms with Gasteiger partial charge in [0.2, 0.25) is 0 Å². The summed E-state index contributed by atoms with van der Waals surface area (Å²) in [4.78, 5) is 11.2. The Kier molecular flexibility index (Phi) is 5.36. The van der Waals surface area contributed by atoms with Crippen molar-refractivity contribution in [2.75, 3.05) is 19.0 Å². The molecule has 0 atom stereocenters. The lowest BCUT2D eigenvalue weighted by Crippen LogP contribution is -2.13. The number of para-hydroxylation sites is 1. The van der Waals surface area contributed by atoms with Crippen LogP contribution in [0.2, 0.25) is 0 Å². The van der Waals surface area contributed by atoms with Crippen LogP contribution in [-0.2, 0) is 29.0 Å². The van der Waals surface area contributed by atoms with Crippen LogP contribution in [0.3, 0.4) is 0 Å². The van der Waals surface area contributed by atoms with Crippen molar-refractivity contribution in [2.45, 2.75) is 32.3 Å². The Morgan fingerprint density at radius 3 is 2.71 bits per heavy atom. The Morgan fingerprint density at radius 1 is 1.12 bits per heavy atom. The molecule has 24 heavy (non-hydrogen) atoms. The van der Waals surface area contributed by atoms with E-state index in [-0.39, 0.29) is 5.97 Å². The Balaban J connectivity index is 1.58. The molecule has 0 unspecified atom stereocenters. The van der Waals surface area contributed by atoms with Crippen LogP contribution >= 0.6 is 0 Å². The van der Waals surface area contributed by atoms with Crippen molar-refractivity contribution in [2.24, 2.45) is 0 Å². The smallest absolute Gasteiger partial charge is 0.305 e. The zero-order valence-corrected chi connectivity index (χ0v) is 14.0. The van der Waals surface area contributed by atoms with Crippen molar-refractivity contribution in [1.29, 1.82) is 0 Å². The minimum absolute atomic E-state index is 0.177. The van der Waals surface area contributed by atoms with E-state index in [0.29, 0.717) is 19.4 Å². The van der Waals surface area contributed by atoms with Gasteiger partial charge in [0.25, 0.3) is 0 Å². The predicted molar refractivity (Wildman–Crippen MR) is 94.4 cm³/mol. The molecule has 0 aliphatic carbocycles. The minimum Gasteiger partial charge on any atom is -0.487 e. The normalized spacial score (nSPS) is 12.9. The minimum atomic E-state index is -0.177. The van der Waals surface area contributed by atoms with Gasteiger partial charge >= 0.3 is 5.97 Å². The summed E-state index contributed by atoms with van der Waals surface area (Å²) in [6.45, 7) is 1.54. The predicted octanol–water partition coefficient (Wildman–Crippen LogP) is 3.73. The molecule has 0 aromatic heterocycles. The van der Waals surface area contributed by atoms with E-state index in [1.165, 1.54) is 19.1 Å². The molecule has 1 heterocycles. The van der Waals surface area contributed by atoms with Crippen LogP contribution in [0.4, 0.5) is 5.69 Å². The van der Waals surface area contributed by atoms with Crippen LogP contribution < -0.4 is 10.1 Å². The highest BCUT2D eigenvalue weighted by molar-refractivity contribution is 5.69. The van der Waals surface area contributed by atoms with E-state index < -0.39 is 0 Å². The number of nitrogens with one attached hydrogen (secondary N) is 1. The zero-order valence-electron chi connectivity index (χ0n) is 14.0. The Bertz CT molecular complexity index is 695. The highest BCUT2D eigenvalue weighted by Crippen LogP contribution is 2.32. The van der Waals surface area contributed by atoms with Gasteiger partial charge in [-0.3, -0.25) is 4.79 Å². The average Bonchev–Trinajstić information content (AvgIpc) is 2.65. The van der Waals surface area contributed by atoms with Gasteiger partial charge in [0.1, 0.15) is 12.4 Å². The third-order valence-electron chi connectivity index (χ3n) is 4.30. The number of hydrogen-bond donors (Lipinski definition) is 1. The molecule has 0 saturated carbocycles. The summed E-state index contributed by atoms with van der Waals surface area (Å²) in [5.74, 6) is 0.741. The van der Waals surface area contributed by atoms with E-state index in [2.05, 4.69) is 34.3 Å². The lowest BCUT2D eigenvalue weighted by molar-refractivity contribution is -0.140. The molecular formula is C20H23NO3. The van der Waals surface area contributed by atoms with E-state index in [4.69, 9.17) is 4.74 Å². The SMILES string of the molecule is COC(=O)CCc1ccc(COc2cccc3c2NCCC3)cc1. The third-order valence-corrected chi connectivity index (χ3v) is 4.30. The number of hydrogen-bond acceptors (Lipinski definition) is 4. The second kappa shape index (κ2) is 7.86. The van der Waals surface area contributed by atoms with Crippen LogP contribution in [0.25, 0.3) is 0 Å². The fourth-order valence-electron chi connectivity index (χ4n) is 2.91. The number of benzene rings is 2. The number of fused-ring (bicyclic) bond motifs is 1. The highest BCUT2D eigenvalue weighted by atomic mass is 16.5. The standard InChI is InChI=1S/C20H23NO3/c1-23-19(22)12-11-15-7-9-16(10-8-15)14-24-18-6-2-4-17-5-3-13-21-20(17)18/h2,4,6-10,21H,3,5,11-14H2,1H3. The Morgan fingerprint density at radius 2 is 1.92 bits per heavy atom. The largest absolute Gasteiger partial charge is 0.487 e. The summed E-state index contributed by atoms with van der Waals surface area (Å²) in [5.41, 5.74) is 4.71. The Hall–Kier alpha value is -2.49. The second-order valence-electron chi connectivity index (χ2n) is 6.00. The first-order valence-electron chi connectivity index (χ1n) is 8.39. The van der Waals surface area contributed by atoms with Gasteiger partial charge in [-0.2, -0.15) is 0 Å².